The van der Waals surface area contributed by atoms with Crippen LogP contribution < -0.4 is 4.74 Å². The molecule has 1 saturated heterocycles. The van der Waals surface area contributed by atoms with Gasteiger partial charge in [0.05, 0.1) is 10.3 Å². The van der Waals surface area contributed by atoms with Gasteiger partial charge in [-0.1, -0.05) is 75.4 Å². The van der Waals surface area contributed by atoms with Crippen LogP contribution in [0.3, 0.4) is 0 Å². The molecule has 1 atom stereocenters. The van der Waals surface area contributed by atoms with Crippen molar-refractivity contribution in [1.29, 1.82) is 0 Å². The van der Waals surface area contributed by atoms with Crippen LogP contribution in [0.2, 0.25) is 0 Å². The van der Waals surface area contributed by atoms with Crippen molar-refractivity contribution in [1.82, 2.24) is 4.31 Å². The van der Waals surface area contributed by atoms with Gasteiger partial charge in [-0.25, -0.2) is 8.42 Å². The van der Waals surface area contributed by atoms with Crippen molar-refractivity contribution in [3.63, 3.8) is 0 Å². The fourth-order valence-electron chi connectivity index (χ4n) is 3.72. The lowest BCUT2D eigenvalue weighted by molar-refractivity contribution is 0.305. The van der Waals surface area contributed by atoms with Crippen molar-refractivity contribution in [2.24, 2.45) is 0 Å². The number of rotatable bonds is 6. The van der Waals surface area contributed by atoms with E-state index in [1.165, 1.54) is 0 Å². The van der Waals surface area contributed by atoms with Gasteiger partial charge in [0.15, 0.2) is 0 Å². The first-order chi connectivity index (χ1) is 15.2. The molecule has 0 spiro atoms. The minimum absolute atomic E-state index is 0.0193. The highest BCUT2D eigenvalue weighted by Crippen LogP contribution is 2.42. The molecule has 1 heterocycles. The van der Waals surface area contributed by atoms with E-state index in [0.717, 1.165) is 28.2 Å². The van der Waals surface area contributed by atoms with Crippen LogP contribution in [-0.4, -0.2) is 25.0 Å². The number of hydrogen-bond acceptors (Lipinski definition) is 4. The maximum absolute atomic E-state index is 13.5. The molecule has 32 heavy (non-hydrogen) atoms. The number of nitrogens with zero attached hydrogens (tertiary/aromatic N) is 1. The Balaban J connectivity index is 1.54. The molecule has 0 aromatic heterocycles. The van der Waals surface area contributed by atoms with Crippen molar-refractivity contribution in [2.45, 2.75) is 43.1 Å². The Bertz CT molecular complexity index is 1150. The predicted octanol–water partition coefficient (Wildman–Crippen LogP) is 6.00. The molecule has 0 bridgehead atoms. The molecule has 0 N–H and O–H groups in total. The first-order valence-corrected chi connectivity index (χ1v) is 13.2. The van der Waals surface area contributed by atoms with Crippen LogP contribution in [0.1, 0.15) is 42.8 Å². The molecular formula is C26H29NO3S2. The molecule has 0 radical (unpaired) electrons. The van der Waals surface area contributed by atoms with Crippen molar-refractivity contribution in [2.75, 3.05) is 12.3 Å². The number of thioether (sulfide) groups is 1. The Labute approximate surface area is 195 Å². The Morgan fingerprint density at radius 2 is 1.69 bits per heavy atom. The first-order valence-electron chi connectivity index (χ1n) is 10.8. The van der Waals surface area contributed by atoms with E-state index >= 15 is 0 Å². The number of benzene rings is 3. The van der Waals surface area contributed by atoms with E-state index in [4.69, 9.17) is 4.74 Å². The van der Waals surface area contributed by atoms with Gasteiger partial charge in [-0.05, 0) is 46.4 Å². The molecule has 1 fully saturated rings. The van der Waals surface area contributed by atoms with Crippen molar-refractivity contribution < 1.29 is 13.2 Å². The van der Waals surface area contributed by atoms with Crippen molar-refractivity contribution in [3.05, 3.63) is 95.6 Å². The van der Waals surface area contributed by atoms with E-state index in [-0.39, 0.29) is 10.8 Å². The fraction of sp³-hybridized carbons (Fsp3) is 0.308. The van der Waals surface area contributed by atoms with E-state index in [1.807, 2.05) is 66.7 Å². The SMILES string of the molecule is CC(C)(C)c1ccc(S(=O)(=O)N2CCS[C@@H]2c2cccc(OCc3ccccc3)c2)cc1. The average molecular weight is 468 g/mol. The number of hydrogen-bond donors (Lipinski definition) is 0. The fourth-order valence-corrected chi connectivity index (χ4v) is 6.95. The second-order valence-electron chi connectivity index (χ2n) is 8.96. The summed E-state index contributed by atoms with van der Waals surface area (Å²) < 4.78 is 34.5. The van der Waals surface area contributed by atoms with Gasteiger partial charge in [-0.3, -0.25) is 0 Å². The smallest absolute Gasteiger partial charge is 0.244 e. The molecular weight excluding hydrogens is 438 g/mol. The van der Waals surface area contributed by atoms with Crippen LogP contribution in [0.25, 0.3) is 0 Å². The highest BCUT2D eigenvalue weighted by atomic mass is 32.2. The standard InChI is InChI=1S/C26H29NO3S2/c1-26(2,3)22-12-14-24(15-13-22)32(28,29)27-16-17-31-25(27)21-10-7-11-23(18-21)30-19-20-8-5-4-6-9-20/h4-15,18,25H,16-17,19H2,1-3H3/t25-/m1/s1. The highest BCUT2D eigenvalue weighted by Gasteiger charge is 2.37. The monoisotopic (exact) mass is 467 g/mol. The zero-order valence-corrected chi connectivity index (χ0v) is 20.3. The molecule has 6 heteroatoms. The maximum atomic E-state index is 13.5. The maximum Gasteiger partial charge on any atom is 0.244 e. The Kier molecular flexibility index (Phi) is 6.65. The van der Waals surface area contributed by atoms with E-state index < -0.39 is 10.0 Å². The van der Waals surface area contributed by atoms with Gasteiger partial charge in [-0.15, -0.1) is 11.8 Å². The molecule has 3 aromatic rings. The van der Waals surface area contributed by atoms with Crippen LogP contribution >= 0.6 is 11.8 Å². The first kappa shape index (κ1) is 22.9. The minimum atomic E-state index is -3.59. The molecule has 0 unspecified atom stereocenters. The van der Waals surface area contributed by atoms with E-state index in [0.29, 0.717) is 18.0 Å². The van der Waals surface area contributed by atoms with Gasteiger partial charge in [0.25, 0.3) is 0 Å². The predicted molar refractivity (Wildman–Crippen MR) is 131 cm³/mol. The number of sulfonamides is 1. The summed E-state index contributed by atoms with van der Waals surface area (Å²) in [6.07, 6.45) is 0. The topological polar surface area (TPSA) is 46.6 Å². The summed E-state index contributed by atoms with van der Waals surface area (Å²) in [6.45, 7) is 7.33. The summed E-state index contributed by atoms with van der Waals surface area (Å²) in [5, 5.41) is -0.262. The lowest BCUT2D eigenvalue weighted by Gasteiger charge is -2.25. The minimum Gasteiger partial charge on any atom is -0.489 e. The zero-order valence-electron chi connectivity index (χ0n) is 18.7. The van der Waals surface area contributed by atoms with Crippen molar-refractivity contribution in [3.8, 4) is 5.75 Å². The molecule has 4 rings (SSSR count). The van der Waals surface area contributed by atoms with Gasteiger partial charge in [0, 0.05) is 12.3 Å². The summed E-state index contributed by atoms with van der Waals surface area (Å²) >= 11 is 1.65. The molecule has 0 amide bonds. The normalized spacial score (nSPS) is 17.4. The van der Waals surface area contributed by atoms with Crippen molar-refractivity contribution >= 4 is 21.8 Å². The van der Waals surface area contributed by atoms with Crippen LogP contribution in [0, 0.1) is 0 Å². The summed E-state index contributed by atoms with van der Waals surface area (Å²) in [5.41, 5.74) is 3.13. The lowest BCUT2D eigenvalue weighted by atomic mass is 9.87. The Morgan fingerprint density at radius 3 is 2.38 bits per heavy atom. The summed E-state index contributed by atoms with van der Waals surface area (Å²) in [6, 6.07) is 25.1. The average Bonchev–Trinajstić information content (AvgIpc) is 3.29. The largest absolute Gasteiger partial charge is 0.489 e. The van der Waals surface area contributed by atoms with Crippen LogP contribution in [-0.2, 0) is 22.0 Å². The van der Waals surface area contributed by atoms with Gasteiger partial charge >= 0.3 is 0 Å². The van der Waals surface area contributed by atoms with E-state index in [1.54, 1.807) is 28.2 Å². The third-order valence-corrected chi connectivity index (χ3v) is 8.84. The summed E-state index contributed by atoms with van der Waals surface area (Å²) in [5.74, 6) is 1.50. The molecule has 168 valence electrons. The van der Waals surface area contributed by atoms with Gasteiger partial charge in [0.1, 0.15) is 12.4 Å². The van der Waals surface area contributed by atoms with Crippen LogP contribution in [0.4, 0.5) is 0 Å². The third-order valence-electron chi connectivity index (χ3n) is 5.57. The third kappa shape index (κ3) is 5.03. The molecule has 1 aliphatic heterocycles. The zero-order chi connectivity index (χ0) is 22.8. The quantitative estimate of drug-likeness (QED) is 0.446. The molecule has 0 aliphatic carbocycles. The molecule has 4 nitrogen and oxygen atoms in total. The highest BCUT2D eigenvalue weighted by molar-refractivity contribution is 8.01. The lowest BCUT2D eigenvalue weighted by Crippen LogP contribution is -2.30. The van der Waals surface area contributed by atoms with E-state index in [9.17, 15) is 8.42 Å². The summed E-state index contributed by atoms with van der Waals surface area (Å²) in [7, 11) is -3.59. The molecule has 3 aromatic carbocycles. The number of ether oxygens (including phenoxy) is 1. The second kappa shape index (κ2) is 9.30. The molecule has 1 aliphatic rings. The Hall–Kier alpha value is -2.28. The van der Waals surface area contributed by atoms with E-state index in [2.05, 4.69) is 20.8 Å². The second-order valence-corrected chi connectivity index (χ2v) is 12.0. The van der Waals surface area contributed by atoms with Gasteiger partial charge in [0.2, 0.25) is 10.0 Å². The Morgan fingerprint density at radius 1 is 0.969 bits per heavy atom. The van der Waals surface area contributed by atoms with Gasteiger partial charge in [-0.2, -0.15) is 4.31 Å². The summed E-state index contributed by atoms with van der Waals surface area (Å²) in [4.78, 5) is 0.342. The van der Waals surface area contributed by atoms with Crippen LogP contribution in [0.15, 0.2) is 83.8 Å². The van der Waals surface area contributed by atoms with Gasteiger partial charge < -0.3 is 4.74 Å². The molecule has 0 saturated carbocycles. The van der Waals surface area contributed by atoms with Crippen LogP contribution in [0.5, 0.6) is 5.75 Å².